The van der Waals surface area contributed by atoms with Gasteiger partial charge in [-0.2, -0.15) is 5.10 Å². The largest absolute Gasteiger partial charge is 0.457 e. The average molecular weight is 486 g/mol. The summed E-state index contributed by atoms with van der Waals surface area (Å²) in [6, 6.07) is 19.7. The van der Waals surface area contributed by atoms with Crippen LogP contribution in [-0.2, 0) is 4.74 Å². The van der Waals surface area contributed by atoms with Crippen molar-refractivity contribution in [1.82, 2.24) is 19.5 Å². The number of amides is 1. The number of carbonyl (C=O) groups is 1. The van der Waals surface area contributed by atoms with Gasteiger partial charge < -0.3 is 20.1 Å². The summed E-state index contributed by atoms with van der Waals surface area (Å²) in [5, 5.41) is 4.53. The summed E-state index contributed by atoms with van der Waals surface area (Å²) >= 11 is 0. The van der Waals surface area contributed by atoms with Gasteiger partial charge >= 0.3 is 6.09 Å². The minimum Gasteiger partial charge on any atom is -0.457 e. The van der Waals surface area contributed by atoms with Crippen LogP contribution in [0.1, 0.15) is 45.2 Å². The maximum Gasteiger partial charge on any atom is 0.410 e. The number of benzene rings is 2. The predicted molar refractivity (Wildman–Crippen MR) is 139 cm³/mol. The summed E-state index contributed by atoms with van der Waals surface area (Å²) in [6.07, 6.45) is 3.02. The third-order valence-corrected chi connectivity index (χ3v) is 6.25. The molecule has 1 amide bonds. The van der Waals surface area contributed by atoms with Gasteiger partial charge in [0.25, 0.3) is 0 Å². The van der Waals surface area contributed by atoms with Crippen molar-refractivity contribution >= 4 is 17.4 Å². The number of anilines is 1. The number of carbonyl (C=O) groups excluding carboxylic acids is 1. The molecule has 1 aliphatic rings. The highest BCUT2D eigenvalue weighted by Gasteiger charge is 2.31. The van der Waals surface area contributed by atoms with Gasteiger partial charge in [0, 0.05) is 30.3 Å². The second kappa shape index (κ2) is 9.53. The van der Waals surface area contributed by atoms with E-state index in [0.717, 1.165) is 46.7 Å². The van der Waals surface area contributed by atoms with Crippen molar-refractivity contribution in [2.24, 2.45) is 0 Å². The first-order chi connectivity index (χ1) is 17.3. The summed E-state index contributed by atoms with van der Waals surface area (Å²) in [5.41, 5.74) is 9.51. The lowest BCUT2D eigenvalue weighted by atomic mass is 9.94. The Morgan fingerprint density at radius 3 is 2.50 bits per heavy atom. The molecule has 8 nitrogen and oxygen atoms in total. The summed E-state index contributed by atoms with van der Waals surface area (Å²) in [5.74, 6) is 2.04. The maximum absolute atomic E-state index is 12.7. The van der Waals surface area contributed by atoms with E-state index in [1.54, 1.807) is 4.90 Å². The Hall–Kier alpha value is -4.07. The van der Waals surface area contributed by atoms with Crippen molar-refractivity contribution in [3.63, 3.8) is 0 Å². The van der Waals surface area contributed by atoms with Crippen molar-refractivity contribution in [2.45, 2.75) is 45.1 Å². The van der Waals surface area contributed by atoms with Gasteiger partial charge in [-0.25, -0.2) is 14.3 Å². The number of para-hydroxylation sites is 1. The summed E-state index contributed by atoms with van der Waals surface area (Å²) < 4.78 is 13.4. The zero-order chi connectivity index (χ0) is 25.3. The lowest BCUT2D eigenvalue weighted by molar-refractivity contribution is 0.0196. The number of nitrogens with two attached hydrogens (primary N) is 1. The van der Waals surface area contributed by atoms with E-state index in [4.69, 9.17) is 15.2 Å². The Labute approximate surface area is 210 Å². The van der Waals surface area contributed by atoms with Gasteiger partial charge in [0.15, 0.2) is 5.82 Å². The van der Waals surface area contributed by atoms with Gasteiger partial charge in [0.1, 0.15) is 28.9 Å². The molecule has 8 heteroatoms. The van der Waals surface area contributed by atoms with E-state index in [1.807, 2.05) is 79.9 Å². The molecule has 0 radical (unpaired) electrons. The Kier molecular flexibility index (Phi) is 6.26. The molecule has 0 bridgehead atoms. The SMILES string of the molecule is CC(C)(C)OC(=O)N1CCCC(c2cc(-c3ccc(Oc4ccccc4)cc3)c3c(N)ncnn23)C1. The van der Waals surface area contributed by atoms with E-state index in [0.29, 0.717) is 18.9 Å². The third-order valence-electron chi connectivity index (χ3n) is 6.25. The van der Waals surface area contributed by atoms with Crippen LogP contribution in [0.4, 0.5) is 10.6 Å². The maximum atomic E-state index is 12.7. The van der Waals surface area contributed by atoms with Crippen molar-refractivity contribution in [2.75, 3.05) is 18.8 Å². The lowest BCUT2D eigenvalue weighted by Crippen LogP contribution is -2.42. The average Bonchev–Trinajstić information content (AvgIpc) is 3.25. The highest BCUT2D eigenvalue weighted by Crippen LogP contribution is 2.37. The Morgan fingerprint density at radius 1 is 1.06 bits per heavy atom. The zero-order valence-corrected chi connectivity index (χ0v) is 20.8. The summed E-state index contributed by atoms with van der Waals surface area (Å²) in [4.78, 5) is 18.8. The monoisotopic (exact) mass is 485 g/mol. The molecule has 1 aliphatic heterocycles. The predicted octanol–water partition coefficient (Wildman–Crippen LogP) is 5.89. The molecule has 2 aromatic heterocycles. The quantitative estimate of drug-likeness (QED) is 0.388. The molecule has 1 atom stereocenters. The summed E-state index contributed by atoms with van der Waals surface area (Å²) in [7, 11) is 0. The van der Waals surface area contributed by atoms with Crippen LogP contribution in [0.25, 0.3) is 16.6 Å². The van der Waals surface area contributed by atoms with Gasteiger partial charge in [0.2, 0.25) is 0 Å². The van der Waals surface area contributed by atoms with Gasteiger partial charge in [0.05, 0.1) is 0 Å². The van der Waals surface area contributed by atoms with Crippen molar-refractivity contribution < 1.29 is 14.3 Å². The molecular formula is C28H31N5O3. The highest BCUT2D eigenvalue weighted by atomic mass is 16.6. The van der Waals surface area contributed by atoms with Crippen LogP contribution in [0.2, 0.25) is 0 Å². The van der Waals surface area contributed by atoms with E-state index in [9.17, 15) is 4.79 Å². The molecule has 0 spiro atoms. The summed E-state index contributed by atoms with van der Waals surface area (Å²) in [6.45, 7) is 6.90. The molecule has 1 fully saturated rings. The topological polar surface area (TPSA) is 95.0 Å². The fourth-order valence-electron chi connectivity index (χ4n) is 4.64. The molecule has 3 heterocycles. The Bertz CT molecular complexity index is 1360. The number of nitrogen functional groups attached to an aromatic ring is 1. The van der Waals surface area contributed by atoms with E-state index in [2.05, 4.69) is 16.1 Å². The number of aromatic nitrogens is 3. The second-order valence-corrected chi connectivity index (χ2v) is 10.1. The smallest absolute Gasteiger partial charge is 0.410 e. The minimum absolute atomic E-state index is 0.0995. The number of ether oxygens (including phenoxy) is 2. The van der Waals surface area contributed by atoms with Crippen LogP contribution < -0.4 is 10.5 Å². The number of hydrogen-bond donors (Lipinski definition) is 1. The van der Waals surface area contributed by atoms with Crippen molar-refractivity contribution in [1.29, 1.82) is 0 Å². The standard InChI is InChI=1S/C28H31N5O3/c1-28(2,3)36-27(34)32-15-7-8-20(17-32)24-16-23(25-26(29)30-18-31-33(24)25)19-11-13-22(14-12-19)35-21-9-5-4-6-10-21/h4-6,9-14,16,18,20H,7-8,15,17H2,1-3H3,(H2,29,30,31). The molecule has 0 saturated carbocycles. The molecule has 2 aromatic carbocycles. The first-order valence-electron chi connectivity index (χ1n) is 12.2. The second-order valence-electron chi connectivity index (χ2n) is 10.1. The Morgan fingerprint density at radius 2 is 1.78 bits per heavy atom. The van der Waals surface area contributed by atoms with Crippen LogP contribution in [0.5, 0.6) is 11.5 Å². The van der Waals surface area contributed by atoms with Crippen LogP contribution in [0, 0.1) is 0 Å². The molecule has 1 saturated heterocycles. The van der Waals surface area contributed by atoms with Crippen LogP contribution in [-0.4, -0.2) is 44.3 Å². The molecule has 0 aliphatic carbocycles. The first kappa shape index (κ1) is 23.7. The zero-order valence-electron chi connectivity index (χ0n) is 20.8. The van der Waals surface area contributed by atoms with E-state index in [1.165, 1.54) is 6.33 Å². The van der Waals surface area contributed by atoms with Crippen LogP contribution >= 0.6 is 0 Å². The fraction of sp³-hybridized carbons (Fsp3) is 0.321. The van der Waals surface area contributed by atoms with Gasteiger partial charge in [-0.1, -0.05) is 30.3 Å². The normalized spacial score (nSPS) is 16.2. The third kappa shape index (κ3) is 4.98. The molecule has 2 N–H and O–H groups in total. The van der Waals surface area contributed by atoms with Crippen molar-refractivity contribution in [3.8, 4) is 22.6 Å². The number of fused-ring (bicyclic) bond motifs is 1. The van der Waals surface area contributed by atoms with Gasteiger partial charge in [-0.15, -0.1) is 0 Å². The molecule has 186 valence electrons. The number of rotatable bonds is 4. The molecule has 4 aromatic rings. The Balaban J connectivity index is 1.45. The molecule has 1 unspecified atom stereocenters. The number of hydrogen-bond acceptors (Lipinski definition) is 6. The minimum atomic E-state index is -0.531. The lowest BCUT2D eigenvalue weighted by Gasteiger charge is -2.34. The number of likely N-dealkylation sites (tertiary alicyclic amines) is 1. The van der Waals surface area contributed by atoms with Gasteiger partial charge in [-0.05, 0) is 69.5 Å². The first-order valence-corrected chi connectivity index (χ1v) is 12.2. The van der Waals surface area contributed by atoms with Crippen LogP contribution in [0.15, 0.2) is 67.0 Å². The number of nitrogens with zero attached hydrogens (tertiary/aromatic N) is 4. The highest BCUT2D eigenvalue weighted by molar-refractivity contribution is 5.88. The molecule has 5 rings (SSSR count). The molecule has 36 heavy (non-hydrogen) atoms. The number of piperidine rings is 1. The van der Waals surface area contributed by atoms with Crippen molar-refractivity contribution in [3.05, 3.63) is 72.7 Å². The van der Waals surface area contributed by atoms with Gasteiger partial charge in [-0.3, -0.25) is 0 Å². The van der Waals surface area contributed by atoms with E-state index < -0.39 is 5.60 Å². The molecular weight excluding hydrogens is 454 g/mol. The van der Waals surface area contributed by atoms with E-state index >= 15 is 0 Å². The fourth-order valence-corrected chi connectivity index (χ4v) is 4.64. The van der Waals surface area contributed by atoms with Crippen LogP contribution in [0.3, 0.4) is 0 Å². The van der Waals surface area contributed by atoms with E-state index in [-0.39, 0.29) is 12.0 Å².